The Morgan fingerprint density at radius 2 is 1.65 bits per heavy atom. The van der Waals surface area contributed by atoms with E-state index in [1.807, 2.05) is 35.2 Å². The van der Waals surface area contributed by atoms with Crippen LogP contribution in [0, 0.1) is 5.41 Å². The van der Waals surface area contributed by atoms with Crippen LogP contribution >= 0.6 is 11.6 Å². The lowest BCUT2D eigenvalue weighted by Gasteiger charge is -2.40. The predicted octanol–water partition coefficient (Wildman–Crippen LogP) is 5.00. The number of carbonyl (C=O) groups excluding carboxylic acids is 3. The number of nitrogens with zero attached hydrogens (tertiary/aromatic N) is 1. The van der Waals surface area contributed by atoms with E-state index in [1.54, 1.807) is 6.07 Å². The number of methoxy groups -OCH3 is 1. The fourth-order valence-corrected chi connectivity index (χ4v) is 4.83. The number of hydrogen-bond donors (Lipinski definition) is 0. The average molecular weight is 526 g/mol. The first kappa shape index (κ1) is 28.6. The number of ketones is 1. The van der Waals surface area contributed by atoms with Crippen LogP contribution in [0.25, 0.3) is 0 Å². The molecule has 0 atom stereocenters. The molecule has 0 aromatic heterocycles. The molecule has 2 aromatic rings. The monoisotopic (exact) mass is 525 g/mol. The Labute approximate surface area is 224 Å². The number of ether oxygens (including phenoxy) is 2. The SMILES string of the molecule is C=C(Cc1ccccc1Cl)C(=O)C1(COC(=O)CCc2ccc(CC)cc2)CCN(CC(=O)OC)CC1. The van der Waals surface area contributed by atoms with E-state index in [0.29, 0.717) is 49.4 Å². The Kier molecular flexibility index (Phi) is 10.5. The van der Waals surface area contributed by atoms with Gasteiger partial charge in [-0.3, -0.25) is 19.3 Å². The van der Waals surface area contributed by atoms with Crippen LogP contribution in [0.2, 0.25) is 5.02 Å². The molecule has 0 radical (unpaired) electrons. The molecule has 0 N–H and O–H groups in total. The van der Waals surface area contributed by atoms with Crippen molar-refractivity contribution in [2.45, 2.75) is 45.4 Å². The summed E-state index contributed by atoms with van der Waals surface area (Å²) < 4.78 is 10.5. The number of rotatable bonds is 12. The van der Waals surface area contributed by atoms with Crippen molar-refractivity contribution < 1.29 is 23.9 Å². The van der Waals surface area contributed by atoms with Crippen molar-refractivity contribution in [3.05, 3.63) is 82.4 Å². The highest BCUT2D eigenvalue weighted by molar-refractivity contribution is 6.31. The van der Waals surface area contributed by atoms with Crippen molar-refractivity contribution in [1.82, 2.24) is 4.90 Å². The van der Waals surface area contributed by atoms with Gasteiger partial charge in [0, 0.05) is 17.9 Å². The average Bonchev–Trinajstić information content (AvgIpc) is 2.92. The van der Waals surface area contributed by atoms with Gasteiger partial charge in [0.1, 0.15) is 6.61 Å². The number of carbonyl (C=O) groups is 3. The topological polar surface area (TPSA) is 72.9 Å². The zero-order valence-corrected chi connectivity index (χ0v) is 22.5. The highest BCUT2D eigenvalue weighted by atomic mass is 35.5. The van der Waals surface area contributed by atoms with E-state index in [0.717, 1.165) is 17.5 Å². The lowest BCUT2D eigenvalue weighted by atomic mass is 9.72. The van der Waals surface area contributed by atoms with Gasteiger partial charge in [-0.15, -0.1) is 0 Å². The van der Waals surface area contributed by atoms with Crippen molar-refractivity contribution in [1.29, 1.82) is 0 Å². The quantitative estimate of drug-likeness (QED) is 0.287. The number of Topliss-reactive ketones (excluding diaryl/α,β-unsaturated/α-hetero) is 1. The van der Waals surface area contributed by atoms with E-state index in [1.165, 1.54) is 12.7 Å². The first-order valence-electron chi connectivity index (χ1n) is 12.7. The van der Waals surface area contributed by atoms with Crippen molar-refractivity contribution in [2.75, 3.05) is 33.4 Å². The zero-order valence-electron chi connectivity index (χ0n) is 21.8. The van der Waals surface area contributed by atoms with Crippen molar-refractivity contribution in [2.24, 2.45) is 5.41 Å². The highest BCUT2D eigenvalue weighted by Crippen LogP contribution is 2.36. The van der Waals surface area contributed by atoms with Gasteiger partial charge in [-0.1, -0.05) is 67.6 Å². The zero-order chi connectivity index (χ0) is 26.8. The molecule has 7 heteroatoms. The molecule has 6 nitrogen and oxygen atoms in total. The molecule has 1 aliphatic rings. The third kappa shape index (κ3) is 8.01. The van der Waals surface area contributed by atoms with Gasteiger partial charge in [0.2, 0.25) is 0 Å². The van der Waals surface area contributed by atoms with Gasteiger partial charge in [0.25, 0.3) is 0 Å². The third-order valence-corrected chi connectivity index (χ3v) is 7.49. The minimum absolute atomic E-state index is 0.00690. The van der Waals surface area contributed by atoms with Gasteiger partial charge in [-0.05, 0) is 67.1 Å². The van der Waals surface area contributed by atoms with Gasteiger partial charge in [-0.25, -0.2) is 0 Å². The number of piperidine rings is 1. The molecular formula is C30H36ClNO5. The van der Waals surface area contributed by atoms with Gasteiger partial charge >= 0.3 is 11.9 Å². The molecule has 0 unspecified atom stereocenters. The molecule has 1 heterocycles. The summed E-state index contributed by atoms with van der Waals surface area (Å²) in [4.78, 5) is 40.1. The summed E-state index contributed by atoms with van der Waals surface area (Å²) >= 11 is 6.31. The second-order valence-electron chi connectivity index (χ2n) is 9.66. The minimum atomic E-state index is -0.886. The second-order valence-corrected chi connectivity index (χ2v) is 10.1. The molecule has 1 aliphatic heterocycles. The molecule has 0 amide bonds. The number of likely N-dealkylation sites (tertiary alicyclic amines) is 1. The van der Waals surface area contributed by atoms with Crippen LogP contribution in [-0.2, 0) is 43.1 Å². The maximum Gasteiger partial charge on any atom is 0.319 e. The lowest BCUT2D eigenvalue weighted by Crippen LogP contribution is -2.49. The first-order chi connectivity index (χ1) is 17.8. The van der Waals surface area contributed by atoms with Crippen LogP contribution < -0.4 is 0 Å². The maximum atomic E-state index is 13.7. The third-order valence-electron chi connectivity index (χ3n) is 7.12. The molecule has 3 rings (SSSR count). The maximum absolute atomic E-state index is 13.7. The molecule has 0 saturated carbocycles. The Balaban J connectivity index is 1.66. The van der Waals surface area contributed by atoms with E-state index in [-0.39, 0.29) is 37.3 Å². The van der Waals surface area contributed by atoms with Crippen LogP contribution in [-0.4, -0.2) is 56.0 Å². The van der Waals surface area contributed by atoms with Crippen LogP contribution in [0.1, 0.15) is 42.9 Å². The lowest BCUT2D eigenvalue weighted by molar-refractivity contribution is -0.151. The summed E-state index contributed by atoms with van der Waals surface area (Å²) in [5.41, 5.74) is 2.70. The summed E-state index contributed by atoms with van der Waals surface area (Å²) in [6.07, 6.45) is 3.03. The van der Waals surface area contributed by atoms with E-state index < -0.39 is 5.41 Å². The molecule has 0 bridgehead atoms. The minimum Gasteiger partial charge on any atom is -0.468 e. The number of halogens is 1. The predicted molar refractivity (Wildman–Crippen MR) is 145 cm³/mol. The fraction of sp³-hybridized carbons (Fsp3) is 0.433. The normalized spacial score (nSPS) is 15.1. The van der Waals surface area contributed by atoms with Gasteiger partial charge in [0.05, 0.1) is 19.1 Å². The molecule has 0 spiro atoms. The molecular weight excluding hydrogens is 490 g/mol. The Morgan fingerprint density at radius 1 is 1.00 bits per heavy atom. The van der Waals surface area contributed by atoms with Crippen LogP contribution in [0.4, 0.5) is 0 Å². The molecule has 2 aromatic carbocycles. The molecule has 37 heavy (non-hydrogen) atoms. The van der Waals surface area contributed by atoms with Crippen molar-refractivity contribution in [3.63, 3.8) is 0 Å². The van der Waals surface area contributed by atoms with E-state index in [2.05, 4.69) is 25.6 Å². The highest BCUT2D eigenvalue weighted by Gasteiger charge is 2.43. The Hall–Kier alpha value is -2.96. The van der Waals surface area contributed by atoms with Gasteiger partial charge < -0.3 is 9.47 Å². The van der Waals surface area contributed by atoms with E-state index in [4.69, 9.17) is 21.1 Å². The molecule has 0 aliphatic carbocycles. The van der Waals surface area contributed by atoms with E-state index >= 15 is 0 Å². The second kappa shape index (κ2) is 13.5. The standard InChI is InChI=1S/C30H36ClNO5/c1-4-23-9-11-24(12-10-23)13-14-27(33)37-21-30(15-17-32(18-16-30)20-28(34)36-3)29(35)22(2)19-25-7-5-6-8-26(25)31/h5-12H,2,4,13-21H2,1,3H3. The molecule has 1 fully saturated rings. The van der Waals surface area contributed by atoms with Crippen LogP contribution in [0.15, 0.2) is 60.7 Å². The van der Waals surface area contributed by atoms with Crippen molar-refractivity contribution in [3.8, 4) is 0 Å². The summed E-state index contributed by atoms with van der Waals surface area (Å²) in [7, 11) is 1.36. The van der Waals surface area contributed by atoms with Gasteiger partial charge in [-0.2, -0.15) is 0 Å². The van der Waals surface area contributed by atoms with Crippen LogP contribution in [0.3, 0.4) is 0 Å². The number of allylic oxidation sites excluding steroid dienone is 1. The van der Waals surface area contributed by atoms with Gasteiger partial charge in [0.15, 0.2) is 5.78 Å². The number of benzene rings is 2. The summed E-state index contributed by atoms with van der Waals surface area (Å²) in [5.74, 6) is -0.770. The largest absolute Gasteiger partial charge is 0.468 e. The number of esters is 2. The molecule has 198 valence electrons. The number of hydrogen-bond acceptors (Lipinski definition) is 6. The number of aryl methyl sites for hydroxylation is 2. The summed E-state index contributed by atoms with van der Waals surface area (Å²) in [5, 5.41) is 0.580. The summed E-state index contributed by atoms with van der Waals surface area (Å²) in [6.45, 7) is 7.36. The smallest absolute Gasteiger partial charge is 0.319 e. The first-order valence-corrected chi connectivity index (χ1v) is 13.1. The van der Waals surface area contributed by atoms with E-state index in [9.17, 15) is 14.4 Å². The summed E-state index contributed by atoms with van der Waals surface area (Å²) in [6, 6.07) is 15.6. The van der Waals surface area contributed by atoms with Crippen LogP contribution in [0.5, 0.6) is 0 Å². The van der Waals surface area contributed by atoms with Crippen molar-refractivity contribution >= 4 is 29.3 Å². The molecule has 1 saturated heterocycles. The Morgan fingerprint density at radius 3 is 2.27 bits per heavy atom. The Bertz CT molecular complexity index is 1100. The fourth-order valence-electron chi connectivity index (χ4n) is 4.63.